The Bertz CT molecular complexity index is 823. The molecule has 2 aromatic rings. The van der Waals surface area contributed by atoms with Crippen LogP contribution in [0, 0.1) is 23.2 Å². The van der Waals surface area contributed by atoms with Crippen molar-refractivity contribution in [3.05, 3.63) is 65.7 Å². The van der Waals surface area contributed by atoms with E-state index < -0.39 is 0 Å². The number of hydrogen-bond acceptors (Lipinski definition) is 2. The number of benzene rings is 2. The normalized spacial score (nSPS) is 30.9. The van der Waals surface area contributed by atoms with Crippen molar-refractivity contribution in [3.63, 3.8) is 0 Å². The number of carbonyl (C=O) groups excluding carboxylic acids is 1. The standard InChI is InChI=1S/C26H32N2O/c1-18(26-14-20-11-21(15-26)13-22(12-20)16-26)27-17-19-7-9-23(10-8-19)25(29)28-24-5-3-2-4-6-24/h2-10,18,20-22,27H,11-17H2,1H3,(H,28,29). The van der Waals surface area contributed by atoms with Crippen molar-refractivity contribution in [2.45, 2.75) is 58.0 Å². The molecule has 0 saturated heterocycles. The van der Waals surface area contributed by atoms with Crippen LogP contribution in [0.4, 0.5) is 5.69 Å². The molecule has 3 nitrogen and oxygen atoms in total. The minimum Gasteiger partial charge on any atom is -0.322 e. The van der Waals surface area contributed by atoms with Crippen molar-refractivity contribution < 1.29 is 4.79 Å². The van der Waals surface area contributed by atoms with E-state index in [1.807, 2.05) is 42.5 Å². The Morgan fingerprint density at radius 2 is 1.52 bits per heavy atom. The Labute approximate surface area is 174 Å². The van der Waals surface area contributed by atoms with E-state index in [-0.39, 0.29) is 5.91 Å². The fourth-order valence-electron chi connectivity index (χ4n) is 6.69. The molecule has 1 atom stereocenters. The van der Waals surface area contributed by atoms with Gasteiger partial charge in [0.25, 0.3) is 5.91 Å². The smallest absolute Gasteiger partial charge is 0.255 e. The maximum Gasteiger partial charge on any atom is 0.255 e. The summed E-state index contributed by atoms with van der Waals surface area (Å²) < 4.78 is 0. The van der Waals surface area contributed by atoms with E-state index in [1.165, 1.54) is 44.1 Å². The van der Waals surface area contributed by atoms with Gasteiger partial charge in [0, 0.05) is 23.8 Å². The van der Waals surface area contributed by atoms with Gasteiger partial charge in [-0.1, -0.05) is 30.3 Å². The molecular weight excluding hydrogens is 356 g/mol. The number of hydrogen-bond donors (Lipinski definition) is 2. The predicted octanol–water partition coefficient (Wildman–Crippen LogP) is 5.63. The molecule has 0 aromatic heterocycles. The van der Waals surface area contributed by atoms with E-state index >= 15 is 0 Å². The van der Waals surface area contributed by atoms with E-state index in [9.17, 15) is 4.79 Å². The molecule has 0 heterocycles. The molecule has 4 saturated carbocycles. The topological polar surface area (TPSA) is 41.1 Å². The third-order valence-electron chi connectivity index (χ3n) is 7.86. The van der Waals surface area contributed by atoms with E-state index in [1.54, 1.807) is 0 Å². The van der Waals surface area contributed by atoms with Gasteiger partial charge < -0.3 is 10.6 Å². The summed E-state index contributed by atoms with van der Waals surface area (Å²) >= 11 is 0. The molecule has 6 rings (SSSR count). The van der Waals surface area contributed by atoms with Gasteiger partial charge in [-0.15, -0.1) is 0 Å². The highest BCUT2D eigenvalue weighted by atomic mass is 16.1. The first kappa shape index (κ1) is 18.9. The zero-order valence-electron chi connectivity index (χ0n) is 17.4. The first-order valence-electron chi connectivity index (χ1n) is 11.3. The average Bonchev–Trinajstić information content (AvgIpc) is 2.72. The summed E-state index contributed by atoms with van der Waals surface area (Å²) in [6.07, 6.45) is 8.80. The SMILES string of the molecule is CC(NCc1ccc(C(=O)Nc2ccccc2)cc1)C12CC3CC(CC(C3)C1)C2. The van der Waals surface area contributed by atoms with Crippen molar-refractivity contribution >= 4 is 11.6 Å². The Morgan fingerprint density at radius 3 is 2.10 bits per heavy atom. The monoisotopic (exact) mass is 388 g/mol. The zero-order chi connectivity index (χ0) is 19.8. The third kappa shape index (κ3) is 3.85. The summed E-state index contributed by atoms with van der Waals surface area (Å²) in [7, 11) is 0. The van der Waals surface area contributed by atoms with Gasteiger partial charge in [-0.2, -0.15) is 0 Å². The van der Waals surface area contributed by atoms with Crippen LogP contribution in [-0.2, 0) is 6.54 Å². The number of rotatable bonds is 6. The molecule has 1 amide bonds. The highest BCUT2D eigenvalue weighted by Crippen LogP contribution is 2.61. The van der Waals surface area contributed by atoms with Crippen LogP contribution in [0.1, 0.15) is 61.4 Å². The van der Waals surface area contributed by atoms with Crippen molar-refractivity contribution in [1.82, 2.24) is 5.32 Å². The van der Waals surface area contributed by atoms with Crippen LogP contribution in [0.3, 0.4) is 0 Å². The number of nitrogens with one attached hydrogen (secondary N) is 2. The lowest BCUT2D eigenvalue weighted by atomic mass is 9.48. The van der Waals surface area contributed by atoms with Crippen molar-refractivity contribution in [2.24, 2.45) is 23.2 Å². The van der Waals surface area contributed by atoms with Crippen molar-refractivity contribution in [3.8, 4) is 0 Å². The first-order valence-corrected chi connectivity index (χ1v) is 11.3. The molecule has 0 spiro atoms. The van der Waals surface area contributed by atoms with Crippen molar-refractivity contribution in [2.75, 3.05) is 5.32 Å². The van der Waals surface area contributed by atoms with Gasteiger partial charge in [0.1, 0.15) is 0 Å². The van der Waals surface area contributed by atoms with Crippen LogP contribution >= 0.6 is 0 Å². The Kier molecular flexibility index (Phi) is 4.95. The summed E-state index contributed by atoms with van der Waals surface area (Å²) in [6, 6.07) is 18.2. The molecule has 152 valence electrons. The average molecular weight is 389 g/mol. The highest BCUT2D eigenvalue weighted by Gasteiger charge is 2.52. The molecule has 3 heteroatoms. The molecule has 4 aliphatic carbocycles. The van der Waals surface area contributed by atoms with Crippen LogP contribution in [0.15, 0.2) is 54.6 Å². The molecule has 1 unspecified atom stereocenters. The largest absolute Gasteiger partial charge is 0.322 e. The molecule has 4 bridgehead atoms. The summed E-state index contributed by atoms with van der Waals surface area (Å²) in [5, 5.41) is 6.79. The number of para-hydroxylation sites is 1. The zero-order valence-corrected chi connectivity index (χ0v) is 17.4. The molecule has 0 radical (unpaired) electrons. The summed E-state index contributed by atoms with van der Waals surface area (Å²) in [4.78, 5) is 12.4. The molecule has 29 heavy (non-hydrogen) atoms. The second-order valence-corrected chi connectivity index (χ2v) is 9.90. The molecule has 0 aliphatic heterocycles. The molecular formula is C26H32N2O. The summed E-state index contributed by atoms with van der Waals surface area (Å²) in [5.41, 5.74) is 3.31. The molecule has 2 aromatic carbocycles. The van der Waals surface area contributed by atoms with Gasteiger partial charge in [0.2, 0.25) is 0 Å². The number of anilines is 1. The Hall–Kier alpha value is -2.13. The van der Waals surface area contributed by atoms with E-state index in [4.69, 9.17) is 0 Å². The summed E-state index contributed by atoms with van der Waals surface area (Å²) in [6.45, 7) is 3.29. The third-order valence-corrected chi connectivity index (χ3v) is 7.86. The van der Waals surface area contributed by atoms with Crippen LogP contribution < -0.4 is 10.6 Å². The minimum absolute atomic E-state index is 0.0577. The predicted molar refractivity (Wildman–Crippen MR) is 118 cm³/mol. The second kappa shape index (κ2) is 7.60. The van der Waals surface area contributed by atoms with Crippen LogP contribution in [0.2, 0.25) is 0 Å². The highest BCUT2D eigenvalue weighted by molar-refractivity contribution is 6.04. The van der Waals surface area contributed by atoms with Crippen LogP contribution in [0.5, 0.6) is 0 Å². The molecule has 4 aliphatic rings. The first-order chi connectivity index (χ1) is 14.1. The maximum atomic E-state index is 12.4. The van der Waals surface area contributed by atoms with E-state index in [0.29, 0.717) is 17.0 Å². The van der Waals surface area contributed by atoms with Gasteiger partial charge in [-0.25, -0.2) is 0 Å². The van der Waals surface area contributed by atoms with Gasteiger partial charge in [0.15, 0.2) is 0 Å². The quantitative estimate of drug-likeness (QED) is 0.673. The fourth-order valence-corrected chi connectivity index (χ4v) is 6.69. The fraction of sp³-hybridized carbons (Fsp3) is 0.500. The summed E-state index contributed by atoms with van der Waals surface area (Å²) in [5.74, 6) is 2.92. The lowest BCUT2D eigenvalue weighted by Gasteiger charge is -2.59. The minimum atomic E-state index is -0.0577. The number of carbonyl (C=O) groups is 1. The lowest BCUT2D eigenvalue weighted by molar-refractivity contribution is -0.0706. The molecule has 2 N–H and O–H groups in total. The van der Waals surface area contributed by atoms with E-state index in [2.05, 4.69) is 29.7 Å². The Balaban J connectivity index is 1.18. The molecule has 4 fully saturated rings. The van der Waals surface area contributed by atoms with Crippen molar-refractivity contribution in [1.29, 1.82) is 0 Å². The second-order valence-electron chi connectivity index (χ2n) is 9.90. The lowest BCUT2D eigenvalue weighted by Crippen LogP contribution is -2.54. The van der Waals surface area contributed by atoms with Gasteiger partial charge in [0.05, 0.1) is 0 Å². The van der Waals surface area contributed by atoms with E-state index in [0.717, 1.165) is 30.0 Å². The van der Waals surface area contributed by atoms with Gasteiger partial charge >= 0.3 is 0 Å². The maximum absolute atomic E-state index is 12.4. The van der Waals surface area contributed by atoms with Crippen LogP contribution in [-0.4, -0.2) is 11.9 Å². The van der Waals surface area contributed by atoms with Gasteiger partial charge in [-0.3, -0.25) is 4.79 Å². The van der Waals surface area contributed by atoms with Crippen LogP contribution in [0.25, 0.3) is 0 Å². The Morgan fingerprint density at radius 1 is 0.931 bits per heavy atom. The number of amides is 1. The van der Waals surface area contributed by atoms with Gasteiger partial charge in [-0.05, 0) is 98.4 Å².